The van der Waals surface area contributed by atoms with E-state index in [1.807, 2.05) is 49.4 Å². The van der Waals surface area contributed by atoms with Crippen LogP contribution in [0.3, 0.4) is 0 Å². The number of aryl methyl sites for hydroxylation is 2. The number of anilines is 1. The Hall–Kier alpha value is -3.40. The van der Waals surface area contributed by atoms with Crippen molar-refractivity contribution in [1.29, 1.82) is 0 Å². The quantitative estimate of drug-likeness (QED) is 0.605. The highest BCUT2D eigenvalue weighted by molar-refractivity contribution is 6.13. The van der Waals surface area contributed by atoms with E-state index in [9.17, 15) is 9.59 Å². The lowest BCUT2D eigenvalue weighted by molar-refractivity contribution is -0.116. The fourth-order valence-electron chi connectivity index (χ4n) is 3.10. The van der Waals surface area contributed by atoms with Gasteiger partial charge in [-0.25, -0.2) is 0 Å². The molecule has 4 heteroatoms. The number of hydrogen-bond acceptors (Lipinski definition) is 3. The SMILES string of the molecule is COc1ccc(CCC(=O)Nc2ccccc2C(=O)c2ccccc2)cc1C. The van der Waals surface area contributed by atoms with Gasteiger partial charge in [-0.3, -0.25) is 9.59 Å². The van der Waals surface area contributed by atoms with E-state index >= 15 is 0 Å². The van der Waals surface area contributed by atoms with Gasteiger partial charge in [0, 0.05) is 17.5 Å². The van der Waals surface area contributed by atoms with Crippen molar-refractivity contribution in [2.45, 2.75) is 19.8 Å². The molecule has 0 saturated carbocycles. The lowest BCUT2D eigenvalue weighted by Crippen LogP contribution is -2.15. The standard InChI is InChI=1S/C24H23NO3/c1-17-16-18(12-14-22(17)28-2)13-15-23(26)25-21-11-7-6-10-20(21)24(27)19-8-4-3-5-9-19/h3-12,14,16H,13,15H2,1-2H3,(H,25,26). The highest BCUT2D eigenvalue weighted by atomic mass is 16.5. The van der Waals surface area contributed by atoms with Crippen LogP contribution in [0.5, 0.6) is 5.75 Å². The molecule has 0 aliphatic carbocycles. The van der Waals surface area contributed by atoms with Crippen LogP contribution in [0.25, 0.3) is 0 Å². The third-order valence-electron chi connectivity index (χ3n) is 4.58. The van der Waals surface area contributed by atoms with Crippen molar-refractivity contribution in [2.75, 3.05) is 12.4 Å². The minimum Gasteiger partial charge on any atom is -0.496 e. The van der Waals surface area contributed by atoms with Crippen LogP contribution in [-0.4, -0.2) is 18.8 Å². The van der Waals surface area contributed by atoms with Gasteiger partial charge >= 0.3 is 0 Å². The molecule has 1 N–H and O–H groups in total. The number of ether oxygens (including phenoxy) is 1. The number of rotatable bonds is 7. The molecule has 0 bridgehead atoms. The number of carbonyl (C=O) groups excluding carboxylic acids is 2. The maximum absolute atomic E-state index is 12.8. The third kappa shape index (κ3) is 4.65. The minimum absolute atomic E-state index is 0.109. The fourth-order valence-corrected chi connectivity index (χ4v) is 3.10. The van der Waals surface area contributed by atoms with Gasteiger partial charge in [0.05, 0.1) is 12.8 Å². The predicted molar refractivity (Wildman–Crippen MR) is 111 cm³/mol. The molecule has 0 fully saturated rings. The second-order valence-corrected chi connectivity index (χ2v) is 6.59. The number of ketones is 1. The summed E-state index contributed by atoms with van der Waals surface area (Å²) in [5.41, 5.74) is 3.73. The Kier molecular flexibility index (Phi) is 6.22. The van der Waals surface area contributed by atoms with Gasteiger partial charge in [0.25, 0.3) is 0 Å². The lowest BCUT2D eigenvalue weighted by atomic mass is 10.0. The molecule has 0 heterocycles. The van der Waals surface area contributed by atoms with Gasteiger partial charge in [-0.1, -0.05) is 54.6 Å². The molecule has 0 aliphatic heterocycles. The summed E-state index contributed by atoms with van der Waals surface area (Å²) >= 11 is 0. The zero-order valence-electron chi connectivity index (χ0n) is 16.1. The van der Waals surface area contributed by atoms with E-state index in [2.05, 4.69) is 5.32 Å². The molecule has 0 aromatic heterocycles. The second kappa shape index (κ2) is 9.00. The first kappa shape index (κ1) is 19.4. The fraction of sp³-hybridized carbons (Fsp3) is 0.167. The average molecular weight is 373 g/mol. The molecule has 3 rings (SSSR count). The molecule has 0 radical (unpaired) electrons. The first-order valence-corrected chi connectivity index (χ1v) is 9.20. The van der Waals surface area contributed by atoms with E-state index in [0.29, 0.717) is 29.7 Å². The second-order valence-electron chi connectivity index (χ2n) is 6.59. The summed E-state index contributed by atoms with van der Waals surface area (Å²) in [5, 5.41) is 2.88. The van der Waals surface area contributed by atoms with Crippen molar-refractivity contribution in [3.63, 3.8) is 0 Å². The van der Waals surface area contributed by atoms with E-state index < -0.39 is 0 Å². The van der Waals surface area contributed by atoms with E-state index in [4.69, 9.17) is 4.74 Å². The summed E-state index contributed by atoms with van der Waals surface area (Å²) < 4.78 is 5.27. The molecule has 28 heavy (non-hydrogen) atoms. The lowest BCUT2D eigenvalue weighted by Gasteiger charge is -2.11. The van der Waals surface area contributed by atoms with Crippen LogP contribution >= 0.6 is 0 Å². The summed E-state index contributed by atoms with van der Waals surface area (Å²) in [5.74, 6) is 0.602. The predicted octanol–water partition coefficient (Wildman–Crippen LogP) is 4.81. The van der Waals surface area contributed by atoms with Crippen LogP contribution in [-0.2, 0) is 11.2 Å². The summed E-state index contributed by atoms with van der Waals surface area (Å²) in [7, 11) is 1.64. The molecular formula is C24H23NO3. The molecule has 4 nitrogen and oxygen atoms in total. The molecule has 0 atom stereocenters. The Bertz CT molecular complexity index is 980. The highest BCUT2D eigenvalue weighted by Crippen LogP contribution is 2.21. The zero-order chi connectivity index (χ0) is 19.9. The Morgan fingerprint density at radius 1 is 0.929 bits per heavy atom. The largest absolute Gasteiger partial charge is 0.496 e. The monoisotopic (exact) mass is 373 g/mol. The third-order valence-corrected chi connectivity index (χ3v) is 4.58. The maximum Gasteiger partial charge on any atom is 0.224 e. The molecule has 0 spiro atoms. The van der Waals surface area contributed by atoms with Crippen molar-refractivity contribution in [1.82, 2.24) is 0 Å². The summed E-state index contributed by atoms with van der Waals surface area (Å²) in [6.45, 7) is 1.98. The topological polar surface area (TPSA) is 55.4 Å². The van der Waals surface area contributed by atoms with Gasteiger partial charge in [0.1, 0.15) is 5.75 Å². The number of para-hydroxylation sites is 1. The first-order valence-electron chi connectivity index (χ1n) is 9.20. The van der Waals surface area contributed by atoms with Crippen molar-refractivity contribution >= 4 is 17.4 Å². The molecule has 142 valence electrons. The van der Waals surface area contributed by atoms with Crippen molar-refractivity contribution < 1.29 is 14.3 Å². The molecule has 0 unspecified atom stereocenters. The molecular weight excluding hydrogens is 350 g/mol. The maximum atomic E-state index is 12.8. The molecule has 0 saturated heterocycles. The average Bonchev–Trinajstić information content (AvgIpc) is 2.73. The van der Waals surface area contributed by atoms with Gasteiger partial charge in [-0.2, -0.15) is 0 Å². The van der Waals surface area contributed by atoms with E-state index in [0.717, 1.165) is 16.9 Å². The highest BCUT2D eigenvalue weighted by Gasteiger charge is 2.14. The van der Waals surface area contributed by atoms with Crippen molar-refractivity contribution in [2.24, 2.45) is 0 Å². The Morgan fingerprint density at radius 2 is 1.64 bits per heavy atom. The normalized spacial score (nSPS) is 10.4. The number of hydrogen-bond donors (Lipinski definition) is 1. The van der Waals surface area contributed by atoms with E-state index in [1.165, 1.54) is 0 Å². The summed E-state index contributed by atoms with van der Waals surface area (Å²) in [6, 6.07) is 22.1. The Labute approximate surface area is 165 Å². The number of methoxy groups -OCH3 is 1. The van der Waals surface area contributed by atoms with Gasteiger partial charge in [-0.05, 0) is 42.7 Å². The number of nitrogens with one attached hydrogen (secondary N) is 1. The van der Waals surface area contributed by atoms with Crippen LogP contribution in [0.1, 0.15) is 33.5 Å². The van der Waals surface area contributed by atoms with Crippen LogP contribution in [0.2, 0.25) is 0 Å². The van der Waals surface area contributed by atoms with Gasteiger partial charge in [0.2, 0.25) is 5.91 Å². The van der Waals surface area contributed by atoms with E-state index in [-0.39, 0.29) is 11.7 Å². The molecule has 0 aliphatic rings. The summed E-state index contributed by atoms with van der Waals surface area (Å²) in [4.78, 5) is 25.2. The number of benzene rings is 3. The first-order chi connectivity index (χ1) is 13.6. The van der Waals surface area contributed by atoms with Crippen LogP contribution < -0.4 is 10.1 Å². The van der Waals surface area contributed by atoms with Crippen molar-refractivity contribution in [3.8, 4) is 5.75 Å². The van der Waals surface area contributed by atoms with Gasteiger partial charge < -0.3 is 10.1 Å². The van der Waals surface area contributed by atoms with Gasteiger partial charge in [-0.15, -0.1) is 0 Å². The zero-order valence-corrected chi connectivity index (χ0v) is 16.1. The molecule has 3 aromatic carbocycles. The van der Waals surface area contributed by atoms with Gasteiger partial charge in [0.15, 0.2) is 5.78 Å². The van der Waals surface area contributed by atoms with E-state index in [1.54, 1.807) is 37.4 Å². The Balaban J connectivity index is 1.68. The number of amides is 1. The smallest absolute Gasteiger partial charge is 0.224 e. The minimum atomic E-state index is -0.123. The molecule has 3 aromatic rings. The van der Waals surface area contributed by atoms with Crippen LogP contribution in [0, 0.1) is 6.92 Å². The van der Waals surface area contributed by atoms with Crippen LogP contribution in [0.4, 0.5) is 5.69 Å². The Morgan fingerprint density at radius 3 is 2.36 bits per heavy atom. The van der Waals surface area contributed by atoms with Crippen LogP contribution in [0.15, 0.2) is 72.8 Å². The number of carbonyl (C=O) groups is 2. The summed E-state index contributed by atoms with van der Waals surface area (Å²) in [6.07, 6.45) is 0.950. The van der Waals surface area contributed by atoms with Crippen molar-refractivity contribution in [3.05, 3.63) is 95.1 Å². The molecule has 1 amide bonds.